The maximum atomic E-state index is 11.6. The molecule has 0 aliphatic rings. The SMILES string of the molecule is C=CCOc1cc(CCC)c(OC(C)=O)c(CCC)c1CC(=C)C. The zero-order chi connectivity index (χ0) is 18.1. The molecule has 0 fully saturated rings. The summed E-state index contributed by atoms with van der Waals surface area (Å²) >= 11 is 0. The first-order chi connectivity index (χ1) is 11.4. The van der Waals surface area contributed by atoms with Gasteiger partial charge < -0.3 is 9.47 Å². The average molecular weight is 330 g/mol. The van der Waals surface area contributed by atoms with Crippen molar-refractivity contribution in [3.63, 3.8) is 0 Å². The molecule has 24 heavy (non-hydrogen) atoms. The van der Waals surface area contributed by atoms with Gasteiger partial charge in [0.2, 0.25) is 0 Å². The van der Waals surface area contributed by atoms with Gasteiger partial charge in [-0.1, -0.05) is 51.5 Å². The van der Waals surface area contributed by atoms with Gasteiger partial charge in [0.25, 0.3) is 0 Å². The van der Waals surface area contributed by atoms with Crippen LogP contribution in [0.2, 0.25) is 0 Å². The third-order valence-electron chi connectivity index (χ3n) is 3.63. The van der Waals surface area contributed by atoms with Crippen molar-refractivity contribution in [2.45, 2.75) is 59.8 Å². The van der Waals surface area contributed by atoms with Crippen molar-refractivity contribution in [1.29, 1.82) is 0 Å². The van der Waals surface area contributed by atoms with Crippen LogP contribution < -0.4 is 9.47 Å². The van der Waals surface area contributed by atoms with Crippen molar-refractivity contribution in [2.75, 3.05) is 6.61 Å². The minimum Gasteiger partial charge on any atom is -0.489 e. The van der Waals surface area contributed by atoms with E-state index in [2.05, 4.69) is 27.0 Å². The molecule has 0 atom stereocenters. The quantitative estimate of drug-likeness (QED) is 0.336. The van der Waals surface area contributed by atoms with E-state index >= 15 is 0 Å². The number of carbonyl (C=O) groups excluding carboxylic acids is 1. The molecule has 1 aromatic carbocycles. The Bertz CT molecular complexity index is 600. The minimum atomic E-state index is -0.286. The minimum absolute atomic E-state index is 0.286. The van der Waals surface area contributed by atoms with E-state index < -0.39 is 0 Å². The molecule has 0 bridgehead atoms. The summed E-state index contributed by atoms with van der Waals surface area (Å²) in [6, 6.07) is 2.02. The summed E-state index contributed by atoms with van der Waals surface area (Å²) in [5.41, 5.74) is 4.22. The summed E-state index contributed by atoms with van der Waals surface area (Å²) in [5, 5.41) is 0. The van der Waals surface area contributed by atoms with Gasteiger partial charge >= 0.3 is 5.97 Å². The molecule has 0 unspecified atom stereocenters. The number of rotatable bonds is 10. The molecular formula is C21H30O3. The van der Waals surface area contributed by atoms with E-state index in [4.69, 9.17) is 9.47 Å². The van der Waals surface area contributed by atoms with Crippen LogP contribution in [0.3, 0.4) is 0 Å². The molecule has 0 N–H and O–H groups in total. The lowest BCUT2D eigenvalue weighted by Crippen LogP contribution is -2.11. The fraction of sp³-hybridized carbons (Fsp3) is 0.476. The number of allylic oxidation sites excluding steroid dienone is 1. The molecule has 0 saturated carbocycles. The maximum Gasteiger partial charge on any atom is 0.308 e. The van der Waals surface area contributed by atoms with Crippen LogP contribution in [0, 0.1) is 0 Å². The molecule has 0 aliphatic heterocycles. The topological polar surface area (TPSA) is 35.5 Å². The van der Waals surface area contributed by atoms with Gasteiger partial charge in [0.1, 0.15) is 18.1 Å². The number of hydrogen-bond acceptors (Lipinski definition) is 3. The van der Waals surface area contributed by atoms with Crippen LogP contribution in [0.4, 0.5) is 0 Å². The Morgan fingerprint density at radius 3 is 2.33 bits per heavy atom. The number of esters is 1. The zero-order valence-corrected chi connectivity index (χ0v) is 15.5. The highest BCUT2D eigenvalue weighted by Crippen LogP contribution is 2.38. The summed E-state index contributed by atoms with van der Waals surface area (Å²) in [4.78, 5) is 11.6. The molecule has 3 heteroatoms. The Kier molecular flexibility index (Phi) is 8.31. The predicted molar refractivity (Wildman–Crippen MR) is 100.0 cm³/mol. The van der Waals surface area contributed by atoms with Crippen molar-refractivity contribution < 1.29 is 14.3 Å². The summed E-state index contributed by atoms with van der Waals surface area (Å²) in [5.74, 6) is 1.28. The van der Waals surface area contributed by atoms with Crippen LogP contribution in [-0.2, 0) is 24.1 Å². The van der Waals surface area contributed by atoms with Gasteiger partial charge in [-0.25, -0.2) is 0 Å². The first kappa shape index (κ1) is 20.0. The van der Waals surface area contributed by atoms with Crippen LogP contribution in [0.1, 0.15) is 57.2 Å². The maximum absolute atomic E-state index is 11.6. The molecule has 1 rings (SSSR count). The summed E-state index contributed by atoms with van der Waals surface area (Å²) in [7, 11) is 0. The molecular weight excluding hydrogens is 300 g/mol. The third kappa shape index (κ3) is 5.55. The lowest BCUT2D eigenvalue weighted by molar-refractivity contribution is -0.132. The smallest absolute Gasteiger partial charge is 0.308 e. The van der Waals surface area contributed by atoms with Crippen LogP contribution in [-0.4, -0.2) is 12.6 Å². The van der Waals surface area contributed by atoms with Gasteiger partial charge in [0, 0.05) is 18.1 Å². The normalized spacial score (nSPS) is 10.3. The highest BCUT2D eigenvalue weighted by Gasteiger charge is 2.20. The molecule has 1 aromatic rings. The zero-order valence-electron chi connectivity index (χ0n) is 15.5. The summed E-state index contributed by atoms with van der Waals surface area (Å²) in [6.07, 6.45) is 6.07. The van der Waals surface area contributed by atoms with Crippen molar-refractivity contribution >= 4 is 5.97 Å². The second-order valence-corrected chi connectivity index (χ2v) is 6.15. The molecule has 0 spiro atoms. The number of carbonyl (C=O) groups is 1. The van der Waals surface area contributed by atoms with Crippen molar-refractivity contribution in [3.8, 4) is 11.5 Å². The van der Waals surface area contributed by atoms with Gasteiger partial charge in [-0.2, -0.15) is 0 Å². The van der Waals surface area contributed by atoms with Crippen LogP contribution in [0.25, 0.3) is 0 Å². The second kappa shape index (κ2) is 9.96. The van der Waals surface area contributed by atoms with Gasteiger partial charge in [-0.05, 0) is 37.8 Å². The van der Waals surface area contributed by atoms with Crippen LogP contribution in [0.15, 0.2) is 30.9 Å². The van der Waals surface area contributed by atoms with E-state index in [9.17, 15) is 4.79 Å². The van der Waals surface area contributed by atoms with E-state index in [1.807, 2.05) is 13.0 Å². The Balaban J connectivity index is 3.59. The Morgan fingerprint density at radius 1 is 1.17 bits per heavy atom. The van der Waals surface area contributed by atoms with Crippen LogP contribution in [0.5, 0.6) is 11.5 Å². The third-order valence-corrected chi connectivity index (χ3v) is 3.63. The Hall–Kier alpha value is -2.03. The average Bonchev–Trinajstić information content (AvgIpc) is 2.50. The fourth-order valence-corrected chi connectivity index (χ4v) is 2.80. The first-order valence-corrected chi connectivity index (χ1v) is 8.68. The molecule has 0 heterocycles. The van der Waals surface area contributed by atoms with Crippen molar-refractivity contribution in [2.24, 2.45) is 0 Å². The predicted octanol–water partition coefficient (Wildman–Crippen LogP) is 5.20. The molecule has 0 radical (unpaired) electrons. The number of hydrogen-bond donors (Lipinski definition) is 0. The van der Waals surface area contributed by atoms with Crippen molar-refractivity contribution in [3.05, 3.63) is 47.6 Å². The van der Waals surface area contributed by atoms with Gasteiger partial charge in [-0.3, -0.25) is 4.79 Å². The lowest BCUT2D eigenvalue weighted by atomic mass is 9.92. The molecule has 0 aromatic heterocycles. The molecule has 0 aliphatic carbocycles. The van der Waals surface area contributed by atoms with E-state index in [1.54, 1.807) is 6.08 Å². The largest absolute Gasteiger partial charge is 0.489 e. The first-order valence-electron chi connectivity index (χ1n) is 8.68. The molecule has 0 saturated heterocycles. The monoisotopic (exact) mass is 330 g/mol. The van der Waals surface area contributed by atoms with E-state index in [-0.39, 0.29) is 5.97 Å². The lowest BCUT2D eigenvalue weighted by Gasteiger charge is -2.21. The number of aryl methyl sites for hydroxylation is 1. The molecule has 0 amide bonds. The highest BCUT2D eigenvalue weighted by atomic mass is 16.5. The fourth-order valence-electron chi connectivity index (χ4n) is 2.80. The molecule has 132 valence electrons. The Morgan fingerprint density at radius 2 is 1.83 bits per heavy atom. The van der Waals surface area contributed by atoms with Gasteiger partial charge in [0.05, 0.1) is 0 Å². The standard InChI is InChI=1S/C21H30O3/c1-7-10-17-14-20(23-12-9-3)19(13-15(4)5)18(11-8-2)21(17)24-16(6)22/h9,14H,3-4,7-8,10-13H2,1-2,5-6H3. The van der Waals surface area contributed by atoms with Crippen molar-refractivity contribution in [1.82, 2.24) is 0 Å². The molecule has 3 nitrogen and oxygen atoms in total. The van der Waals surface area contributed by atoms with Gasteiger partial charge in [-0.15, -0.1) is 0 Å². The Labute approximate surface area is 146 Å². The van der Waals surface area contributed by atoms with E-state index in [1.165, 1.54) is 6.92 Å². The van der Waals surface area contributed by atoms with Crippen LogP contribution >= 0.6 is 0 Å². The van der Waals surface area contributed by atoms with Gasteiger partial charge in [0.15, 0.2) is 0 Å². The highest BCUT2D eigenvalue weighted by molar-refractivity contribution is 5.71. The number of benzene rings is 1. The number of ether oxygens (including phenoxy) is 2. The van der Waals surface area contributed by atoms with E-state index in [0.29, 0.717) is 18.8 Å². The van der Waals surface area contributed by atoms with E-state index in [0.717, 1.165) is 53.7 Å². The summed E-state index contributed by atoms with van der Waals surface area (Å²) < 4.78 is 11.5. The summed E-state index contributed by atoms with van der Waals surface area (Å²) in [6.45, 7) is 15.9. The second-order valence-electron chi connectivity index (χ2n) is 6.15.